The van der Waals surface area contributed by atoms with E-state index in [4.69, 9.17) is 27.1 Å². The van der Waals surface area contributed by atoms with Crippen molar-refractivity contribution in [2.45, 2.75) is 26.3 Å². The lowest BCUT2D eigenvalue weighted by Crippen LogP contribution is -2.36. The van der Waals surface area contributed by atoms with Gasteiger partial charge in [-0.3, -0.25) is 15.0 Å². The number of carbonyl (C=O) groups is 2. The van der Waals surface area contributed by atoms with Crippen LogP contribution in [-0.4, -0.2) is 58.1 Å². The molecule has 0 aliphatic heterocycles. The molecule has 0 rings (SSSR count). The van der Waals surface area contributed by atoms with Crippen LogP contribution in [0.4, 0.5) is 0 Å². The normalized spacial score (nSPS) is 10.6. The first-order valence-corrected chi connectivity index (χ1v) is 5.33. The van der Waals surface area contributed by atoms with Crippen molar-refractivity contribution >= 4 is 17.9 Å². The van der Waals surface area contributed by atoms with Gasteiger partial charge in [-0.25, -0.2) is 0 Å². The number of guanidine groups is 1. The summed E-state index contributed by atoms with van der Waals surface area (Å²) in [4.78, 5) is 21.2. The number of hydrogen-bond acceptors (Lipinski definition) is 4. The summed E-state index contributed by atoms with van der Waals surface area (Å²) in [7, 11) is 1.44. The summed E-state index contributed by atoms with van der Waals surface area (Å²) < 4.78 is 0. The molecule has 9 N–H and O–H groups in total. The summed E-state index contributed by atoms with van der Waals surface area (Å²) >= 11 is 0. The van der Waals surface area contributed by atoms with Crippen LogP contribution in [0, 0.1) is 11.3 Å². The highest BCUT2D eigenvalue weighted by Gasteiger charge is 2.11. The van der Waals surface area contributed by atoms with Gasteiger partial charge in [0.05, 0.1) is 0 Å². The van der Waals surface area contributed by atoms with Crippen molar-refractivity contribution in [1.29, 1.82) is 5.41 Å². The number of aliphatic carboxylic acids is 2. The molecule has 0 aromatic heterocycles. The summed E-state index contributed by atoms with van der Waals surface area (Å²) in [5.74, 6) is -1.79. The van der Waals surface area contributed by atoms with Gasteiger partial charge in [0.2, 0.25) is 0 Å². The first-order chi connectivity index (χ1) is 8.07. The third-order valence-electron chi connectivity index (χ3n) is 1.83. The van der Waals surface area contributed by atoms with E-state index in [0.717, 1.165) is 4.90 Å². The van der Waals surface area contributed by atoms with Crippen LogP contribution in [0.2, 0.25) is 0 Å². The molecule has 0 aliphatic carbocycles. The molecule has 1 atom stereocenters. The van der Waals surface area contributed by atoms with Crippen LogP contribution in [0.3, 0.4) is 0 Å². The van der Waals surface area contributed by atoms with Crippen molar-refractivity contribution in [3.8, 4) is 0 Å². The standard InChI is InChI=1S/C6H13NO2.C4H9N3O2.H2O/c1-4(2)3-5(7)6(8)9;1-7(4(5)6)2-3(8)9;/h4-5H,3,7H2,1-2H3,(H,8,9);2H2,1H3,(H3,5,6)(H,8,9);1H2. The van der Waals surface area contributed by atoms with Gasteiger partial charge in [-0.2, -0.15) is 0 Å². The zero-order valence-electron chi connectivity index (χ0n) is 11.4. The Labute approximate surface area is 112 Å². The Morgan fingerprint density at radius 2 is 1.74 bits per heavy atom. The monoisotopic (exact) mass is 280 g/mol. The highest BCUT2D eigenvalue weighted by Crippen LogP contribution is 2.01. The molecular weight excluding hydrogens is 256 g/mol. The lowest BCUT2D eigenvalue weighted by atomic mass is 10.1. The molecular formula is C10H24N4O5. The average molecular weight is 280 g/mol. The van der Waals surface area contributed by atoms with Crippen LogP contribution in [-0.2, 0) is 9.59 Å². The number of hydrogen-bond donors (Lipinski definition) is 5. The van der Waals surface area contributed by atoms with Gasteiger partial charge in [0.25, 0.3) is 0 Å². The second-order valence-corrected chi connectivity index (χ2v) is 4.21. The van der Waals surface area contributed by atoms with E-state index < -0.39 is 18.0 Å². The molecule has 0 heterocycles. The number of carboxylic acid groups (broad SMARTS) is 2. The lowest BCUT2D eigenvalue weighted by Gasteiger charge is -2.12. The minimum Gasteiger partial charge on any atom is -0.480 e. The Hall–Kier alpha value is -1.87. The molecule has 0 aromatic rings. The van der Waals surface area contributed by atoms with Gasteiger partial charge in [0.15, 0.2) is 5.96 Å². The molecule has 19 heavy (non-hydrogen) atoms. The van der Waals surface area contributed by atoms with E-state index in [1.807, 2.05) is 13.8 Å². The van der Waals surface area contributed by atoms with E-state index in [1.165, 1.54) is 7.05 Å². The zero-order valence-corrected chi connectivity index (χ0v) is 11.4. The predicted octanol–water partition coefficient (Wildman–Crippen LogP) is -1.48. The highest BCUT2D eigenvalue weighted by atomic mass is 16.4. The lowest BCUT2D eigenvalue weighted by molar-refractivity contribution is -0.139. The molecule has 9 nitrogen and oxygen atoms in total. The summed E-state index contributed by atoms with van der Waals surface area (Å²) in [6, 6.07) is -0.690. The van der Waals surface area contributed by atoms with Gasteiger partial charge < -0.3 is 32.1 Å². The van der Waals surface area contributed by atoms with Crippen molar-refractivity contribution in [2.24, 2.45) is 17.4 Å². The largest absolute Gasteiger partial charge is 0.480 e. The predicted molar refractivity (Wildman–Crippen MR) is 70.9 cm³/mol. The van der Waals surface area contributed by atoms with E-state index in [9.17, 15) is 9.59 Å². The maximum Gasteiger partial charge on any atom is 0.323 e. The summed E-state index contributed by atoms with van der Waals surface area (Å²) in [6.45, 7) is 3.67. The smallest absolute Gasteiger partial charge is 0.323 e. The maximum absolute atomic E-state index is 10.1. The Morgan fingerprint density at radius 3 is 1.84 bits per heavy atom. The molecule has 9 heteroatoms. The van der Waals surface area contributed by atoms with Crippen LogP contribution >= 0.6 is 0 Å². The third kappa shape index (κ3) is 16.1. The van der Waals surface area contributed by atoms with Crippen LogP contribution in [0.25, 0.3) is 0 Å². The minimum atomic E-state index is -0.993. The van der Waals surface area contributed by atoms with E-state index >= 15 is 0 Å². The Balaban J connectivity index is -0.000000256. The van der Waals surface area contributed by atoms with Crippen molar-refractivity contribution < 1.29 is 25.3 Å². The molecule has 0 saturated heterocycles. The molecule has 0 aromatic carbocycles. The van der Waals surface area contributed by atoms with Gasteiger partial charge in [0, 0.05) is 7.05 Å². The molecule has 0 bridgehead atoms. The second-order valence-electron chi connectivity index (χ2n) is 4.21. The molecule has 0 radical (unpaired) electrons. The fourth-order valence-corrected chi connectivity index (χ4v) is 0.897. The number of rotatable bonds is 5. The maximum atomic E-state index is 10.1. The molecule has 0 aliphatic rings. The first kappa shape index (κ1) is 22.3. The van der Waals surface area contributed by atoms with Gasteiger partial charge >= 0.3 is 11.9 Å². The molecule has 1 unspecified atom stereocenters. The van der Waals surface area contributed by atoms with Crippen molar-refractivity contribution in [3.63, 3.8) is 0 Å². The van der Waals surface area contributed by atoms with E-state index in [-0.39, 0.29) is 18.0 Å². The SMILES string of the molecule is CC(C)CC(N)C(=O)O.CN(CC(=O)O)C(=N)N.O. The first-order valence-electron chi connectivity index (χ1n) is 5.33. The van der Waals surface area contributed by atoms with Gasteiger partial charge in [-0.15, -0.1) is 0 Å². The Bertz CT molecular complexity index is 296. The van der Waals surface area contributed by atoms with Crippen LogP contribution in [0.15, 0.2) is 0 Å². The van der Waals surface area contributed by atoms with Crippen molar-refractivity contribution in [1.82, 2.24) is 4.90 Å². The zero-order chi connectivity index (χ0) is 14.9. The summed E-state index contributed by atoms with van der Waals surface area (Å²) in [5, 5.41) is 23.2. The van der Waals surface area contributed by atoms with Crippen LogP contribution in [0.5, 0.6) is 0 Å². The number of nitrogens with zero attached hydrogens (tertiary/aromatic N) is 1. The fraction of sp³-hybridized carbons (Fsp3) is 0.700. The highest BCUT2D eigenvalue weighted by molar-refractivity contribution is 5.79. The second kappa shape index (κ2) is 11.2. The molecule has 114 valence electrons. The van der Waals surface area contributed by atoms with Gasteiger partial charge in [-0.05, 0) is 12.3 Å². The van der Waals surface area contributed by atoms with Gasteiger partial charge in [-0.1, -0.05) is 13.8 Å². The topological polar surface area (TPSA) is 185 Å². The number of carboxylic acids is 2. The van der Waals surface area contributed by atoms with Crippen LogP contribution < -0.4 is 11.5 Å². The van der Waals surface area contributed by atoms with E-state index in [0.29, 0.717) is 12.3 Å². The van der Waals surface area contributed by atoms with E-state index in [1.54, 1.807) is 0 Å². The Kier molecular flexibility index (Phi) is 13.2. The summed E-state index contributed by atoms with van der Waals surface area (Å²) in [6.07, 6.45) is 0.551. The molecule has 0 saturated carbocycles. The molecule has 0 spiro atoms. The fourth-order valence-electron chi connectivity index (χ4n) is 0.897. The quantitative estimate of drug-likeness (QED) is 0.300. The van der Waals surface area contributed by atoms with Crippen molar-refractivity contribution in [3.05, 3.63) is 0 Å². The third-order valence-corrected chi connectivity index (χ3v) is 1.83. The number of nitrogens with one attached hydrogen (secondary N) is 1. The Morgan fingerprint density at radius 1 is 1.32 bits per heavy atom. The van der Waals surface area contributed by atoms with E-state index in [2.05, 4.69) is 0 Å². The summed E-state index contributed by atoms with van der Waals surface area (Å²) in [5.41, 5.74) is 10.1. The number of likely N-dealkylation sites (N-methyl/N-ethyl adjacent to an activating group) is 1. The van der Waals surface area contributed by atoms with Gasteiger partial charge in [0.1, 0.15) is 12.6 Å². The minimum absolute atomic E-state index is 0. The molecule has 0 fully saturated rings. The molecule has 0 amide bonds. The van der Waals surface area contributed by atoms with Crippen molar-refractivity contribution in [2.75, 3.05) is 13.6 Å². The average Bonchev–Trinajstić information content (AvgIpc) is 2.16. The van der Waals surface area contributed by atoms with Crippen LogP contribution in [0.1, 0.15) is 20.3 Å². The number of nitrogens with two attached hydrogens (primary N) is 2.